The van der Waals surface area contributed by atoms with E-state index in [1.807, 2.05) is 6.92 Å². The van der Waals surface area contributed by atoms with Gasteiger partial charge in [-0.2, -0.15) is 0 Å². The molecule has 1 aliphatic rings. The highest BCUT2D eigenvalue weighted by molar-refractivity contribution is 5.87. The molecule has 0 bridgehead atoms. The molecule has 0 fully saturated rings. The lowest BCUT2D eigenvalue weighted by molar-refractivity contribution is -0.129. The summed E-state index contributed by atoms with van der Waals surface area (Å²) >= 11 is 0. The van der Waals surface area contributed by atoms with E-state index in [4.69, 9.17) is 0 Å². The Bertz CT molecular complexity index is 370. The Labute approximate surface area is 126 Å². The summed E-state index contributed by atoms with van der Waals surface area (Å²) in [4.78, 5) is 27.7. The van der Waals surface area contributed by atoms with E-state index in [1.54, 1.807) is 6.92 Å². The van der Waals surface area contributed by atoms with Crippen LogP contribution in [-0.4, -0.2) is 50.0 Å². The zero-order valence-corrected chi connectivity index (χ0v) is 13.0. The van der Waals surface area contributed by atoms with E-state index in [-0.39, 0.29) is 11.8 Å². The SMILES string of the molecule is CCNC(=O)[C@H](CCCNC1=NCCCN1)NC(=O)CC. The fourth-order valence-corrected chi connectivity index (χ4v) is 2.03. The van der Waals surface area contributed by atoms with Crippen LogP contribution in [0.25, 0.3) is 0 Å². The van der Waals surface area contributed by atoms with Gasteiger partial charge >= 0.3 is 0 Å². The molecule has 0 aromatic carbocycles. The van der Waals surface area contributed by atoms with Crippen LogP contribution in [0.1, 0.15) is 39.5 Å². The van der Waals surface area contributed by atoms with Crippen molar-refractivity contribution in [2.24, 2.45) is 4.99 Å². The zero-order chi connectivity index (χ0) is 15.5. The molecule has 2 amide bonds. The minimum absolute atomic E-state index is 0.0995. The molecule has 0 saturated heterocycles. The first-order chi connectivity index (χ1) is 10.2. The van der Waals surface area contributed by atoms with Crippen molar-refractivity contribution in [3.05, 3.63) is 0 Å². The third-order valence-corrected chi connectivity index (χ3v) is 3.18. The smallest absolute Gasteiger partial charge is 0.242 e. The van der Waals surface area contributed by atoms with Gasteiger partial charge in [0.25, 0.3) is 0 Å². The van der Waals surface area contributed by atoms with Gasteiger partial charge in [0.2, 0.25) is 11.8 Å². The van der Waals surface area contributed by atoms with E-state index >= 15 is 0 Å². The van der Waals surface area contributed by atoms with Crippen molar-refractivity contribution in [2.45, 2.75) is 45.6 Å². The molecule has 0 radical (unpaired) electrons. The Morgan fingerprint density at radius 3 is 2.81 bits per heavy atom. The fraction of sp³-hybridized carbons (Fsp3) is 0.786. The van der Waals surface area contributed by atoms with Crippen molar-refractivity contribution in [1.82, 2.24) is 21.3 Å². The van der Waals surface area contributed by atoms with Gasteiger partial charge in [-0.25, -0.2) is 0 Å². The molecule has 4 N–H and O–H groups in total. The monoisotopic (exact) mass is 297 g/mol. The minimum Gasteiger partial charge on any atom is -0.356 e. The first-order valence-electron chi connectivity index (χ1n) is 7.76. The number of nitrogens with zero attached hydrogens (tertiary/aromatic N) is 1. The van der Waals surface area contributed by atoms with Crippen LogP contribution >= 0.6 is 0 Å². The van der Waals surface area contributed by atoms with Crippen molar-refractivity contribution in [2.75, 3.05) is 26.2 Å². The van der Waals surface area contributed by atoms with Crippen molar-refractivity contribution >= 4 is 17.8 Å². The van der Waals surface area contributed by atoms with Gasteiger partial charge in [-0.1, -0.05) is 6.92 Å². The van der Waals surface area contributed by atoms with E-state index in [0.717, 1.165) is 38.4 Å². The van der Waals surface area contributed by atoms with Crippen LogP contribution in [0.4, 0.5) is 0 Å². The van der Waals surface area contributed by atoms with Crippen LogP contribution in [0.3, 0.4) is 0 Å². The molecular weight excluding hydrogens is 270 g/mol. The zero-order valence-electron chi connectivity index (χ0n) is 13.0. The van der Waals surface area contributed by atoms with Crippen molar-refractivity contribution in [1.29, 1.82) is 0 Å². The van der Waals surface area contributed by atoms with Gasteiger partial charge < -0.3 is 21.3 Å². The topological polar surface area (TPSA) is 94.6 Å². The molecule has 0 spiro atoms. The summed E-state index contributed by atoms with van der Waals surface area (Å²) in [6, 6.07) is -0.458. The number of carbonyl (C=O) groups is 2. The predicted octanol–water partition coefficient (Wildman–Crippen LogP) is -0.264. The lowest BCUT2D eigenvalue weighted by Gasteiger charge is -2.19. The van der Waals surface area contributed by atoms with Crippen molar-refractivity contribution < 1.29 is 9.59 Å². The number of carbonyl (C=O) groups excluding carboxylic acids is 2. The molecule has 0 aromatic rings. The molecule has 21 heavy (non-hydrogen) atoms. The third-order valence-electron chi connectivity index (χ3n) is 3.18. The number of rotatable bonds is 8. The van der Waals surface area contributed by atoms with Crippen LogP contribution in [0.15, 0.2) is 4.99 Å². The Morgan fingerprint density at radius 1 is 1.38 bits per heavy atom. The Balaban J connectivity index is 2.32. The second-order valence-corrected chi connectivity index (χ2v) is 4.95. The predicted molar refractivity (Wildman–Crippen MR) is 83.1 cm³/mol. The number of hydrogen-bond acceptors (Lipinski definition) is 5. The molecule has 120 valence electrons. The molecule has 0 saturated carbocycles. The Morgan fingerprint density at radius 2 is 2.19 bits per heavy atom. The summed E-state index contributed by atoms with van der Waals surface area (Å²) in [5.74, 6) is 0.610. The summed E-state index contributed by atoms with van der Waals surface area (Å²) < 4.78 is 0. The Kier molecular flexibility index (Phi) is 8.23. The number of guanidine groups is 1. The minimum atomic E-state index is -0.458. The standard InChI is InChI=1S/C14H27N5O2/c1-3-12(20)19-11(13(21)15-4-2)7-5-8-16-14-17-9-6-10-18-14/h11H,3-10H2,1-2H3,(H,15,21)(H,19,20)(H2,16,17,18)/t11-/m0/s1. The highest BCUT2D eigenvalue weighted by atomic mass is 16.2. The van der Waals surface area contributed by atoms with E-state index in [0.29, 0.717) is 19.4 Å². The normalized spacial score (nSPS) is 15.4. The van der Waals surface area contributed by atoms with Crippen molar-refractivity contribution in [3.63, 3.8) is 0 Å². The first-order valence-corrected chi connectivity index (χ1v) is 7.76. The van der Waals surface area contributed by atoms with Crippen LogP contribution in [-0.2, 0) is 9.59 Å². The van der Waals surface area contributed by atoms with Gasteiger partial charge in [-0.15, -0.1) is 0 Å². The van der Waals surface area contributed by atoms with Crippen LogP contribution in [0, 0.1) is 0 Å². The second kappa shape index (κ2) is 10.0. The molecule has 1 rings (SSSR count). The fourth-order valence-electron chi connectivity index (χ4n) is 2.03. The van der Waals surface area contributed by atoms with Crippen LogP contribution < -0.4 is 21.3 Å². The van der Waals surface area contributed by atoms with E-state index in [2.05, 4.69) is 26.3 Å². The maximum absolute atomic E-state index is 11.9. The van der Waals surface area contributed by atoms with Gasteiger partial charge in [0.15, 0.2) is 5.96 Å². The van der Waals surface area contributed by atoms with Crippen LogP contribution in [0.2, 0.25) is 0 Å². The molecule has 7 nitrogen and oxygen atoms in total. The summed E-state index contributed by atoms with van der Waals surface area (Å²) in [6.07, 6.45) is 2.84. The quantitative estimate of drug-likeness (QED) is 0.464. The Hall–Kier alpha value is -1.79. The molecule has 1 heterocycles. The largest absolute Gasteiger partial charge is 0.356 e. The first kappa shape index (κ1) is 17.3. The summed E-state index contributed by atoms with van der Waals surface area (Å²) in [7, 11) is 0. The van der Waals surface area contributed by atoms with E-state index < -0.39 is 6.04 Å². The van der Waals surface area contributed by atoms with Gasteiger partial charge in [-0.3, -0.25) is 14.6 Å². The number of nitrogens with one attached hydrogen (secondary N) is 4. The van der Waals surface area contributed by atoms with Gasteiger partial charge in [0, 0.05) is 32.6 Å². The van der Waals surface area contributed by atoms with E-state index in [9.17, 15) is 9.59 Å². The molecule has 1 atom stereocenters. The van der Waals surface area contributed by atoms with Gasteiger partial charge in [-0.05, 0) is 26.2 Å². The second-order valence-electron chi connectivity index (χ2n) is 4.95. The number of hydrogen-bond donors (Lipinski definition) is 4. The molecule has 0 aromatic heterocycles. The highest BCUT2D eigenvalue weighted by Crippen LogP contribution is 1.99. The summed E-state index contributed by atoms with van der Waals surface area (Å²) in [6.45, 7) is 6.73. The van der Waals surface area contributed by atoms with E-state index in [1.165, 1.54) is 0 Å². The third kappa shape index (κ3) is 6.97. The summed E-state index contributed by atoms with van der Waals surface area (Å²) in [5, 5.41) is 11.9. The average molecular weight is 297 g/mol. The van der Waals surface area contributed by atoms with Crippen LogP contribution in [0.5, 0.6) is 0 Å². The molecule has 1 aliphatic heterocycles. The van der Waals surface area contributed by atoms with Crippen molar-refractivity contribution in [3.8, 4) is 0 Å². The maximum Gasteiger partial charge on any atom is 0.242 e. The molecular formula is C14H27N5O2. The lowest BCUT2D eigenvalue weighted by Crippen LogP contribution is -2.47. The number of likely N-dealkylation sites (N-methyl/N-ethyl adjacent to an activating group) is 1. The summed E-state index contributed by atoms with van der Waals surface area (Å²) in [5.41, 5.74) is 0. The van der Waals surface area contributed by atoms with Gasteiger partial charge in [0.05, 0.1) is 0 Å². The number of amides is 2. The molecule has 0 aliphatic carbocycles. The molecule has 7 heteroatoms. The molecule has 0 unspecified atom stereocenters. The highest BCUT2D eigenvalue weighted by Gasteiger charge is 2.18. The number of aliphatic imine (C=N–C) groups is 1. The maximum atomic E-state index is 11.9. The van der Waals surface area contributed by atoms with Gasteiger partial charge in [0.1, 0.15) is 6.04 Å². The lowest BCUT2D eigenvalue weighted by atomic mass is 10.1. The average Bonchev–Trinajstić information content (AvgIpc) is 2.51.